The van der Waals surface area contributed by atoms with E-state index in [9.17, 15) is 10.1 Å². The SMILES string of the molecule is CCC(C)(CCO)Nc1ccc(C#N)c([N+](=O)[O-])c1. The van der Waals surface area contributed by atoms with Crippen LogP contribution in [0.1, 0.15) is 32.3 Å². The number of nitrogens with one attached hydrogen (secondary N) is 1. The highest BCUT2D eigenvalue weighted by Crippen LogP contribution is 2.27. The summed E-state index contributed by atoms with van der Waals surface area (Å²) in [5, 5.41) is 31.9. The summed E-state index contributed by atoms with van der Waals surface area (Å²) in [6, 6.07) is 6.21. The summed E-state index contributed by atoms with van der Waals surface area (Å²) in [5.74, 6) is 0. The van der Waals surface area contributed by atoms with Gasteiger partial charge in [0, 0.05) is 23.9 Å². The quantitative estimate of drug-likeness (QED) is 0.606. The summed E-state index contributed by atoms with van der Waals surface area (Å²) < 4.78 is 0. The van der Waals surface area contributed by atoms with Crippen molar-refractivity contribution in [2.45, 2.75) is 32.2 Å². The minimum atomic E-state index is -0.570. The van der Waals surface area contributed by atoms with Gasteiger partial charge in [0.05, 0.1) is 4.92 Å². The Hall–Kier alpha value is -2.13. The standard InChI is InChI=1S/C13H17N3O3/c1-3-13(2,6-7-17)15-11-5-4-10(9-14)12(8-11)16(18)19/h4-5,8,15,17H,3,6-7H2,1-2H3. The first-order chi connectivity index (χ1) is 8.95. The van der Waals surface area contributed by atoms with Gasteiger partial charge >= 0.3 is 0 Å². The summed E-state index contributed by atoms with van der Waals surface area (Å²) in [7, 11) is 0. The fraction of sp³-hybridized carbons (Fsp3) is 0.462. The summed E-state index contributed by atoms with van der Waals surface area (Å²) in [5.41, 5.74) is 0.0610. The van der Waals surface area contributed by atoms with E-state index in [0.717, 1.165) is 6.42 Å². The van der Waals surface area contributed by atoms with Crippen molar-refractivity contribution in [1.29, 1.82) is 5.26 Å². The molecule has 6 heteroatoms. The number of aliphatic hydroxyl groups excluding tert-OH is 1. The number of aliphatic hydroxyl groups is 1. The first-order valence-electron chi connectivity index (χ1n) is 6.03. The van der Waals surface area contributed by atoms with Crippen LogP contribution in [0.5, 0.6) is 0 Å². The van der Waals surface area contributed by atoms with Gasteiger partial charge in [0.25, 0.3) is 5.69 Å². The Morgan fingerprint density at radius 1 is 1.58 bits per heavy atom. The number of benzene rings is 1. The van der Waals surface area contributed by atoms with E-state index in [1.807, 2.05) is 13.8 Å². The molecular weight excluding hydrogens is 246 g/mol. The molecule has 0 fully saturated rings. The van der Waals surface area contributed by atoms with Crippen molar-refractivity contribution >= 4 is 11.4 Å². The van der Waals surface area contributed by atoms with Crippen LogP contribution in [-0.4, -0.2) is 22.2 Å². The predicted molar refractivity (Wildman–Crippen MR) is 71.8 cm³/mol. The predicted octanol–water partition coefficient (Wildman–Crippen LogP) is 2.43. The van der Waals surface area contributed by atoms with Crippen LogP contribution < -0.4 is 5.32 Å². The molecule has 19 heavy (non-hydrogen) atoms. The van der Waals surface area contributed by atoms with E-state index in [0.29, 0.717) is 12.1 Å². The van der Waals surface area contributed by atoms with Crippen LogP contribution in [0.15, 0.2) is 18.2 Å². The third kappa shape index (κ3) is 3.66. The number of nitro benzene ring substituents is 1. The zero-order chi connectivity index (χ0) is 14.5. The lowest BCUT2D eigenvalue weighted by Gasteiger charge is -2.30. The Balaban J connectivity index is 3.06. The second-order valence-electron chi connectivity index (χ2n) is 4.61. The van der Waals surface area contributed by atoms with E-state index in [1.54, 1.807) is 12.1 Å². The van der Waals surface area contributed by atoms with Gasteiger partial charge in [-0.2, -0.15) is 5.26 Å². The number of anilines is 1. The molecule has 0 saturated heterocycles. The summed E-state index contributed by atoms with van der Waals surface area (Å²) >= 11 is 0. The van der Waals surface area contributed by atoms with E-state index < -0.39 is 4.92 Å². The summed E-state index contributed by atoms with van der Waals surface area (Å²) in [6.07, 6.45) is 1.30. The molecular formula is C13H17N3O3. The Labute approximate surface area is 111 Å². The Bertz CT molecular complexity index is 510. The maximum atomic E-state index is 10.9. The van der Waals surface area contributed by atoms with Crippen molar-refractivity contribution in [3.63, 3.8) is 0 Å². The van der Waals surface area contributed by atoms with Crippen LogP contribution in [0, 0.1) is 21.4 Å². The molecule has 0 bridgehead atoms. The number of nitrogens with zero attached hydrogens (tertiary/aromatic N) is 2. The van der Waals surface area contributed by atoms with Crippen molar-refractivity contribution in [3.8, 4) is 6.07 Å². The van der Waals surface area contributed by atoms with E-state index in [1.165, 1.54) is 12.1 Å². The highest BCUT2D eigenvalue weighted by atomic mass is 16.6. The first-order valence-corrected chi connectivity index (χ1v) is 6.03. The van der Waals surface area contributed by atoms with Crippen LogP contribution in [-0.2, 0) is 0 Å². The molecule has 1 aromatic rings. The van der Waals surface area contributed by atoms with Gasteiger partial charge in [-0.05, 0) is 31.9 Å². The minimum absolute atomic E-state index is 0.0374. The molecule has 6 nitrogen and oxygen atoms in total. The third-order valence-electron chi connectivity index (χ3n) is 3.20. The molecule has 0 aliphatic carbocycles. The maximum Gasteiger partial charge on any atom is 0.289 e. The van der Waals surface area contributed by atoms with E-state index in [4.69, 9.17) is 10.4 Å². The Morgan fingerprint density at radius 2 is 2.26 bits per heavy atom. The number of nitro groups is 1. The van der Waals surface area contributed by atoms with Crippen molar-refractivity contribution in [3.05, 3.63) is 33.9 Å². The van der Waals surface area contributed by atoms with Crippen LogP contribution in [0.25, 0.3) is 0 Å². The summed E-state index contributed by atoms with van der Waals surface area (Å²) in [4.78, 5) is 10.3. The van der Waals surface area contributed by atoms with Gasteiger partial charge < -0.3 is 10.4 Å². The fourth-order valence-electron chi connectivity index (χ4n) is 1.78. The molecule has 1 rings (SSSR count). The highest BCUT2D eigenvalue weighted by Gasteiger charge is 2.22. The number of hydrogen-bond donors (Lipinski definition) is 2. The van der Waals surface area contributed by atoms with Gasteiger partial charge in [-0.3, -0.25) is 10.1 Å². The lowest BCUT2D eigenvalue weighted by molar-refractivity contribution is -0.385. The average molecular weight is 263 g/mol. The van der Waals surface area contributed by atoms with Gasteiger partial charge in [-0.25, -0.2) is 0 Å². The van der Waals surface area contributed by atoms with Gasteiger partial charge in [0.15, 0.2) is 0 Å². The van der Waals surface area contributed by atoms with Gasteiger partial charge in [0.2, 0.25) is 0 Å². The number of nitriles is 1. The molecule has 1 atom stereocenters. The molecule has 0 saturated carbocycles. The molecule has 0 heterocycles. The van der Waals surface area contributed by atoms with Crippen LogP contribution in [0.2, 0.25) is 0 Å². The summed E-state index contributed by atoms with van der Waals surface area (Å²) in [6.45, 7) is 3.95. The Kier molecular flexibility index (Phi) is 4.84. The number of rotatable bonds is 6. The second-order valence-corrected chi connectivity index (χ2v) is 4.61. The molecule has 1 aromatic carbocycles. The molecule has 102 valence electrons. The third-order valence-corrected chi connectivity index (χ3v) is 3.20. The highest BCUT2D eigenvalue weighted by molar-refractivity contribution is 5.59. The zero-order valence-electron chi connectivity index (χ0n) is 11.0. The minimum Gasteiger partial charge on any atom is -0.396 e. The lowest BCUT2D eigenvalue weighted by atomic mass is 9.94. The van der Waals surface area contributed by atoms with Crippen molar-refractivity contribution in [2.24, 2.45) is 0 Å². The van der Waals surface area contributed by atoms with E-state index in [-0.39, 0.29) is 23.4 Å². The van der Waals surface area contributed by atoms with Crippen LogP contribution in [0.3, 0.4) is 0 Å². The van der Waals surface area contributed by atoms with Crippen LogP contribution >= 0.6 is 0 Å². The average Bonchev–Trinajstić information content (AvgIpc) is 2.38. The van der Waals surface area contributed by atoms with E-state index in [2.05, 4.69) is 5.32 Å². The maximum absolute atomic E-state index is 10.9. The molecule has 1 unspecified atom stereocenters. The lowest BCUT2D eigenvalue weighted by Crippen LogP contribution is -2.35. The van der Waals surface area contributed by atoms with Gasteiger partial charge in [-0.1, -0.05) is 6.92 Å². The van der Waals surface area contributed by atoms with E-state index >= 15 is 0 Å². The molecule has 0 aliphatic heterocycles. The smallest absolute Gasteiger partial charge is 0.289 e. The zero-order valence-corrected chi connectivity index (χ0v) is 11.0. The monoisotopic (exact) mass is 263 g/mol. The largest absolute Gasteiger partial charge is 0.396 e. The van der Waals surface area contributed by atoms with Crippen molar-refractivity contribution < 1.29 is 10.0 Å². The van der Waals surface area contributed by atoms with Crippen molar-refractivity contribution in [1.82, 2.24) is 0 Å². The molecule has 0 aliphatic rings. The fourth-order valence-corrected chi connectivity index (χ4v) is 1.78. The molecule has 2 N–H and O–H groups in total. The van der Waals surface area contributed by atoms with Gasteiger partial charge in [-0.15, -0.1) is 0 Å². The Morgan fingerprint density at radius 3 is 2.74 bits per heavy atom. The second kappa shape index (κ2) is 6.16. The van der Waals surface area contributed by atoms with Gasteiger partial charge in [0.1, 0.15) is 11.6 Å². The number of hydrogen-bond acceptors (Lipinski definition) is 5. The van der Waals surface area contributed by atoms with Crippen molar-refractivity contribution in [2.75, 3.05) is 11.9 Å². The first kappa shape index (κ1) is 14.9. The topological polar surface area (TPSA) is 99.2 Å². The molecule has 0 aromatic heterocycles. The van der Waals surface area contributed by atoms with Crippen LogP contribution in [0.4, 0.5) is 11.4 Å². The molecule has 0 amide bonds. The molecule has 0 radical (unpaired) electrons. The molecule has 0 spiro atoms. The normalized spacial score (nSPS) is 13.4.